The van der Waals surface area contributed by atoms with Crippen LogP contribution in [0.1, 0.15) is 0 Å². The SMILES string of the molecule is NC(CCl)=Nc1cccc(SC(F)(F)F)c1. The smallest absolute Gasteiger partial charge is 0.386 e. The number of amidine groups is 1. The maximum absolute atomic E-state index is 12.1. The first-order valence-electron chi connectivity index (χ1n) is 4.15. The minimum Gasteiger partial charge on any atom is -0.386 e. The number of benzene rings is 1. The Bertz CT molecular complexity index is 393. The molecule has 7 heteroatoms. The highest BCUT2D eigenvalue weighted by Crippen LogP contribution is 2.37. The van der Waals surface area contributed by atoms with Crippen LogP contribution in [0, 0.1) is 0 Å². The lowest BCUT2D eigenvalue weighted by Gasteiger charge is -2.05. The fourth-order valence-electron chi connectivity index (χ4n) is 0.946. The Balaban J connectivity index is 2.87. The van der Waals surface area contributed by atoms with Crippen molar-refractivity contribution in [2.75, 3.05) is 5.88 Å². The quantitative estimate of drug-likeness (QED) is 0.394. The van der Waals surface area contributed by atoms with Gasteiger partial charge in [-0.25, -0.2) is 4.99 Å². The summed E-state index contributed by atoms with van der Waals surface area (Å²) in [6.45, 7) is 0. The van der Waals surface area contributed by atoms with Crippen molar-refractivity contribution in [1.29, 1.82) is 0 Å². The molecule has 2 N–H and O–H groups in total. The Labute approximate surface area is 99.7 Å². The molecular formula is C9H8ClF3N2S. The lowest BCUT2D eigenvalue weighted by Crippen LogP contribution is -2.12. The zero-order valence-electron chi connectivity index (χ0n) is 7.96. The maximum Gasteiger partial charge on any atom is 0.446 e. The molecule has 0 saturated carbocycles. The van der Waals surface area contributed by atoms with Crippen molar-refractivity contribution in [2.45, 2.75) is 10.4 Å². The summed E-state index contributed by atoms with van der Waals surface area (Å²) in [7, 11) is 0. The Morgan fingerprint density at radius 3 is 2.69 bits per heavy atom. The third-order valence-corrected chi connectivity index (χ3v) is 2.46. The number of nitrogens with zero attached hydrogens (tertiary/aromatic N) is 1. The number of nitrogens with two attached hydrogens (primary N) is 1. The van der Waals surface area contributed by atoms with Crippen LogP contribution in [-0.4, -0.2) is 17.2 Å². The molecule has 0 aliphatic carbocycles. The van der Waals surface area contributed by atoms with Crippen LogP contribution in [0.4, 0.5) is 18.9 Å². The van der Waals surface area contributed by atoms with Crippen LogP contribution >= 0.6 is 23.4 Å². The highest BCUT2D eigenvalue weighted by molar-refractivity contribution is 8.00. The van der Waals surface area contributed by atoms with Gasteiger partial charge < -0.3 is 5.73 Å². The molecule has 1 aromatic carbocycles. The molecule has 0 atom stereocenters. The Hall–Kier alpha value is -0.880. The van der Waals surface area contributed by atoms with Crippen LogP contribution in [-0.2, 0) is 0 Å². The number of halogens is 4. The summed E-state index contributed by atoms with van der Waals surface area (Å²) >= 11 is 5.21. The Kier molecular flexibility index (Phi) is 4.49. The first-order chi connectivity index (χ1) is 7.40. The van der Waals surface area contributed by atoms with Crippen molar-refractivity contribution in [3.05, 3.63) is 24.3 Å². The second-order valence-electron chi connectivity index (χ2n) is 2.78. The molecule has 2 nitrogen and oxygen atoms in total. The zero-order chi connectivity index (χ0) is 12.2. The third-order valence-electron chi connectivity index (χ3n) is 1.46. The molecule has 0 amide bonds. The summed E-state index contributed by atoms with van der Waals surface area (Å²) in [5, 5.41) is 0. The van der Waals surface area contributed by atoms with Crippen molar-refractivity contribution >= 4 is 34.9 Å². The second-order valence-corrected chi connectivity index (χ2v) is 4.19. The molecule has 0 unspecified atom stereocenters. The molecule has 0 saturated heterocycles. The van der Waals surface area contributed by atoms with Gasteiger partial charge in [-0.1, -0.05) is 6.07 Å². The summed E-state index contributed by atoms with van der Waals surface area (Å²) < 4.78 is 36.2. The van der Waals surface area contributed by atoms with E-state index in [4.69, 9.17) is 17.3 Å². The van der Waals surface area contributed by atoms with E-state index >= 15 is 0 Å². The van der Waals surface area contributed by atoms with Crippen LogP contribution in [0.25, 0.3) is 0 Å². The first kappa shape index (κ1) is 13.2. The molecule has 88 valence electrons. The molecule has 0 aliphatic heterocycles. The van der Waals surface area contributed by atoms with Crippen molar-refractivity contribution in [3.8, 4) is 0 Å². The van der Waals surface area contributed by atoms with Gasteiger partial charge in [-0.3, -0.25) is 0 Å². The number of rotatable bonds is 3. The van der Waals surface area contributed by atoms with Crippen LogP contribution in [0.5, 0.6) is 0 Å². The van der Waals surface area contributed by atoms with Gasteiger partial charge in [0.05, 0.1) is 11.6 Å². The number of hydrogen-bond acceptors (Lipinski definition) is 2. The van der Waals surface area contributed by atoms with Crippen molar-refractivity contribution in [1.82, 2.24) is 0 Å². The topological polar surface area (TPSA) is 38.4 Å². The van der Waals surface area contributed by atoms with Crippen molar-refractivity contribution in [2.24, 2.45) is 10.7 Å². The van der Waals surface area contributed by atoms with Gasteiger partial charge in [0.1, 0.15) is 5.84 Å². The molecule has 16 heavy (non-hydrogen) atoms. The third kappa shape index (κ3) is 4.76. The lowest BCUT2D eigenvalue weighted by atomic mass is 10.3. The van der Waals surface area contributed by atoms with E-state index in [9.17, 15) is 13.2 Å². The highest BCUT2D eigenvalue weighted by Gasteiger charge is 2.29. The molecule has 0 bridgehead atoms. The van der Waals surface area contributed by atoms with E-state index in [1.165, 1.54) is 18.2 Å². The van der Waals surface area contributed by atoms with E-state index in [1.807, 2.05) is 0 Å². The lowest BCUT2D eigenvalue weighted by molar-refractivity contribution is -0.0328. The number of hydrogen-bond donors (Lipinski definition) is 1. The van der Waals surface area contributed by atoms with E-state index in [0.29, 0.717) is 5.69 Å². The van der Waals surface area contributed by atoms with Gasteiger partial charge in [0.25, 0.3) is 0 Å². The van der Waals surface area contributed by atoms with Gasteiger partial charge in [-0.15, -0.1) is 11.6 Å². The summed E-state index contributed by atoms with van der Waals surface area (Å²) in [6.07, 6.45) is 0. The molecule has 1 aromatic rings. The molecule has 1 rings (SSSR count). The first-order valence-corrected chi connectivity index (χ1v) is 5.50. The average Bonchev–Trinajstić information content (AvgIpc) is 2.15. The maximum atomic E-state index is 12.1. The number of thioether (sulfide) groups is 1. The standard InChI is InChI=1S/C9H8ClF3N2S/c10-5-8(14)15-6-2-1-3-7(4-6)16-9(11,12)13/h1-4H,5H2,(H2,14,15). The van der Waals surface area contributed by atoms with Gasteiger partial charge >= 0.3 is 5.51 Å². The minimum atomic E-state index is -4.31. The van der Waals surface area contributed by atoms with Gasteiger partial charge in [-0.05, 0) is 30.0 Å². The van der Waals surface area contributed by atoms with Gasteiger partial charge in [0.2, 0.25) is 0 Å². The monoisotopic (exact) mass is 268 g/mol. The molecule has 0 aromatic heterocycles. The van der Waals surface area contributed by atoms with E-state index < -0.39 is 5.51 Å². The highest BCUT2D eigenvalue weighted by atomic mass is 35.5. The fraction of sp³-hybridized carbons (Fsp3) is 0.222. The Morgan fingerprint density at radius 2 is 2.12 bits per heavy atom. The average molecular weight is 269 g/mol. The van der Waals surface area contributed by atoms with Gasteiger partial charge in [0, 0.05) is 4.90 Å². The van der Waals surface area contributed by atoms with E-state index in [-0.39, 0.29) is 28.4 Å². The summed E-state index contributed by atoms with van der Waals surface area (Å²) in [5.74, 6) is 0.201. The molecular weight excluding hydrogens is 261 g/mol. The minimum absolute atomic E-state index is 0.0383. The van der Waals surface area contributed by atoms with Gasteiger partial charge in [-0.2, -0.15) is 13.2 Å². The molecule has 0 heterocycles. The largest absolute Gasteiger partial charge is 0.446 e. The van der Waals surface area contributed by atoms with Crippen LogP contribution in [0.2, 0.25) is 0 Å². The van der Waals surface area contributed by atoms with E-state index in [2.05, 4.69) is 4.99 Å². The number of alkyl halides is 4. The normalized spacial score (nSPS) is 12.9. The van der Waals surface area contributed by atoms with Crippen LogP contribution in [0.3, 0.4) is 0 Å². The van der Waals surface area contributed by atoms with Gasteiger partial charge in [0.15, 0.2) is 0 Å². The van der Waals surface area contributed by atoms with Crippen molar-refractivity contribution in [3.63, 3.8) is 0 Å². The molecule has 0 radical (unpaired) electrons. The zero-order valence-corrected chi connectivity index (χ0v) is 9.53. The molecule has 0 spiro atoms. The summed E-state index contributed by atoms with van der Waals surface area (Å²) in [5.41, 5.74) is 1.42. The summed E-state index contributed by atoms with van der Waals surface area (Å²) in [4.78, 5) is 3.92. The molecule has 0 aliphatic rings. The van der Waals surface area contributed by atoms with Crippen LogP contribution < -0.4 is 5.73 Å². The summed E-state index contributed by atoms with van der Waals surface area (Å²) in [6, 6.07) is 5.69. The van der Waals surface area contributed by atoms with Crippen molar-refractivity contribution < 1.29 is 13.2 Å². The predicted molar refractivity (Wildman–Crippen MR) is 60.4 cm³/mol. The van der Waals surface area contributed by atoms with E-state index in [1.54, 1.807) is 6.07 Å². The number of aliphatic imine (C=N–C) groups is 1. The Morgan fingerprint density at radius 1 is 1.44 bits per heavy atom. The predicted octanol–water partition coefficient (Wildman–Crippen LogP) is 3.53. The van der Waals surface area contributed by atoms with Crippen LogP contribution in [0.15, 0.2) is 34.2 Å². The molecule has 0 fully saturated rings. The second kappa shape index (κ2) is 5.45. The fourth-order valence-corrected chi connectivity index (χ4v) is 1.60. The van der Waals surface area contributed by atoms with E-state index in [0.717, 1.165) is 0 Å².